The van der Waals surface area contributed by atoms with Crippen molar-refractivity contribution >= 4 is 29.1 Å². The van der Waals surface area contributed by atoms with E-state index in [1.807, 2.05) is 12.1 Å². The maximum atomic E-state index is 11.0. The van der Waals surface area contributed by atoms with E-state index in [0.29, 0.717) is 23.1 Å². The molecule has 0 saturated heterocycles. The Morgan fingerprint density at radius 3 is 2.33 bits per heavy atom. The second-order valence-electron chi connectivity index (χ2n) is 4.85. The lowest BCUT2D eigenvalue weighted by Crippen LogP contribution is -2.38. The average Bonchev–Trinajstić information content (AvgIpc) is 2.40. The summed E-state index contributed by atoms with van der Waals surface area (Å²) in [6.45, 7) is 3.16. The van der Waals surface area contributed by atoms with Crippen molar-refractivity contribution in [3.63, 3.8) is 0 Å². The Bertz CT molecular complexity index is 436. The van der Waals surface area contributed by atoms with Crippen LogP contribution < -0.4 is 22.1 Å². The minimum atomic E-state index is -0.360. The number of carbonyl (C=O) groups is 1. The molecule has 1 aromatic rings. The first kappa shape index (κ1) is 18.2. The molecular formula is C14H22Cl2N4O. The largest absolute Gasteiger partial charge is 0.369 e. The summed E-state index contributed by atoms with van der Waals surface area (Å²) in [7, 11) is 0. The van der Waals surface area contributed by atoms with Crippen molar-refractivity contribution in [2.75, 3.05) is 26.2 Å². The van der Waals surface area contributed by atoms with Gasteiger partial charge in [0, 0.05) is 29.7 Å². The van der Waals surface area contributed by atoms with Crippen LogP contribution in [0.2, 0.25) is 10.0 Å². The number of primary amides is 1. The highest BCUT2D eigenvalue weighted by Crippen LogP contribution is 2.18. The van der Waals surface area contributed by atoms with Gasteiger partial charge in [-0.25, -0.2) is 0 Å². The van der Waals surface area contributed by atoms with Gasteiger partial charge in [0.2, 0.25) is 5.91 Å². The van der Waals surface area contributed by atoms with Crippen LogP contribution in [0.3, 0.4) is 0 Å². The minimum absolute atomic E-state index is 0.274. The van der Waals surface area contributed by atoms with Crippen molar-refractivity contribution in [2.24, 2.45) is 17.4 Å². The molecule has 7 heteroatoms. The van der Waals surface area contributed by atoms with Gasteiger partial charge in [0.1, 0.15) is 0 Å². The van der Waals surface area contributed by atoms with Crippen LogP contribution in [0.15, 0.2) is 18.2 Å². The lowest BCUT2D eigenvalue weighted by molar-refractivity contribution is -0.121. The van der Waals surface area contributed by atoms with Crippen molar-refractivity contribution < 1.29 is 4.79 Å². The van der Waals surface area contributed by atoms with Crippen LogP contribution in [0.1, 0.15) is 12.0 Å². The number of rotatable bonds is 10. The second-order valence-corrected chi connectivity index (χ2v) is 5.72. The highest BCUT2D eigenvalue weighted by atomic mass is 35.5. The van der Waals surface area contributed by atoms with Gasteiger partial charge in [-0.05, 0) is 43.3 Å². The number of halogens is 2. The predicted molar refractivity (Wildman–Crippen MR) is 87.4 cm³/mol. The van der Waals surface area contributed by atoms with Gasteiger partial charge in [-0.3, -0.25) is 4.79 Å². The zero-order valence-corrected chi connectivity index (χ0v) is 13.4. The molecule has 5 nitrogen and oxygen atoms in total. The maximum absolute atomic E-state index is 11.0. The molecule has 0 heterocycles. The molecule has 0 aliphatic heterocycles. The molecular weight excluding hydrogens is 311 g/mol. The van der Waals surface area contributed by atoms with Gasteiger partial charge in [-0.15, -0.1) is 0 Å². The van der Waals surface area contributed by atoms with Gasteiger partial charge in [-0.1, -0.05) is 23.2 Å². The monoisotopic (exact) mass is 332 g/mol. The van der Waals surface area contributed by atoms with Gasteiger partial charge < -0.3 is 22.1 Å². The van der Waals surface area contributed by atoms with E-state index in [1.54, 1.807) is 6.07 Å². The number of carbonyl (C=O) groups excluding carboxylic acids is 1. The summed E-state index contributed by atoms with van der Waals surface area (Å²) in [6, 6.07) is 5.48. The van der Waals surface area contributed by atoms with Gasteiger partial charge >= 0.3 is 0 Å². The fourth-order valence-corrected chi connectivity index (χ4v) is 2.43. The molecule has 0 radical (unpaired) electrons. The average molecular weight is 333 g/mol. The van der Waals surface area contributed by atoms with E-state index < -0.39 is 0 Å². The Balaban J connectivity index is 2.11. The molecule has 6 N–H and O–H groups in total. The number of benzene rings is 1. The molecule has 118 valence electrons. The summed E-state index contributed by atoms with van der Waals surface area (Å²) in [4.78, 5) is 11.0. The Labute approximate surface area is 135 Å². The zero-order valence-electron chi connectivity index (χ0n) is 11.9. The van der Waals surface area contributed by atoms with E-state index in [9.17, 15) is 4.79 Å². The molecule has 21 heavy (non-hydrogen) atoms. The summed E-state index contributed by atoms with van der Waals surface area (Å²) >= 11 is 11.9. The van der Waals surface area contributed by atoms with Gasteiger partial charge in [0.25, 0.3) is 0 Å². The summed E-state index contributed by atoms with van der Waals surface area (Å²) < 4.78 is 0. The number of hydrogen-bond donors (Lipinski definition) is 4. The molecule has 1 rings (SSSR count). The predicted octanol–water partition coefficient (Wildman–Crippen LogP) is 1.12. The third-order valence-corrected chi connectivity index (χ3v) is 3.47. The smallest absolute Gasteiger partial charge is 0.223 e. The zero-order chi connectivity index (χ0) is 15.7. The Morgan fingerprint density at radius 1 is 1.14 bits per heavy atom. The van der Waals surface area contributed by atoms with Crippen LogP contribution in [0.25, 0.3) is 0 Å². The number of nitrogens with two attached hydrogens (primary N) is 2. The van der Waals surface area contributed by atoms with Gasteiger partial charge in [0.05, 0.1) is 5.92 Å². The van der Waals surface area contributed by atoms with Gasteiger partial charge in [-0.2, -0.15) is 0 Å². The van der Waals surface area contributed by atoms with Crippen molar-refractivity contribution in [1.29, 1.82) is 0 Å². The van der Waals surface area contributed by atoms with Crippen LogP contribution in [0.4, 0.5) is 0 Å². The first-order chi connectivity index (χ1) is 10.0. The molecule has 0 aliphatic rings. The van der Waals surface area contributed by atoms with E-state index in [0.717, 1.165) is 25.1 Å². The minimum Gasteiger partial charge on any atom is -0.369 e. The maximum Gasteiger partial charge on any atom is 0.223 e. The highest BCUT2D eigenvalue weighted by molar-refractivity contribution is 6.34. The first-order valence-corrected chi connectivity index (χ1v) is 7.64. The van der Waals surface area contributed by atoms with Crippen LogP contribution in [-0.4, -0.2) is 32.1 Å². The second kappa shape index (κ2) is 9.97. The summed E-state index contributed by atoms with van der Waals surface area (Å²) in [5.41, 5.74) is 11.7. The third kappa shape index (κ3) is 7.64. The van der Waals surface area contributed by atoms with Crippen molar-refractivity contribution in [1.82, 2.24) is 10.6 Å². The topological polar surface area (TPSA) is 93.2 Å². The van der Waals surface area contributed by atoms with Crippen LogP contribution in [0, 0.1) is 5.92 Å². The Hall–Kier alpha value is -0.850. The number of nitrogens with one attached hydrogen (secondary N) is 2. The lowest BCUT2D eigenvalue weighted by Gasteiger charge is -2.12. The molecule has 0 aliphatic carbocycles. The van der Waals surface area contributed by atoms with Crippen LogP contribution in [0.5, 0.6) is 0 Å². The third-order valence-electron chi connectivity index (χ3n) is 3.04. The molecule has 0 spiro atoms. The Kier molecular flexibility index (Phi) is 8.64. The van der Waals surface area contributed by atoms with E-state index in [4.69, 9.17) is 34.7 Å². The number of hydrogen-bond acceptors (Lipinski definition) is 4. The molecule has 0 fully saturated rings. The normalized spacial score (nSPS) is 12.3. The molecule has 1 atom stereocenters. The fourth-order valence-electron chi connectivity index (χ4n) is 1.86. The van der Waals surface area contributed by atoms with E-state index in [2.05, 4.69) is 10.6 Å². The standard InChI is InChI=1S/C14H22Cl2N4O/c15-12-4-10(5-13(16)6-12)8-19-2-1-3-20-9-11(7-17)14(18)21/h4-6,11,19-20H,1-3,7-9,17H2,(H2,18,21). The molecule has 0 bridgehead atoms. The molecule has 1 amide bonds. The summed E-state index contributed by atoms with van der Waals surface area (Å²) in [6.07, 6.45) is 0.935. The molecule has 1 unspecified atom stereocenters. The lowest BCUT2D eigenvalue weighted by atomic mass is 10.1. The number of amides is 1. The molecule has 1 aromatic carbocycles. The SMILES string of the molecule is NCC(CNCCCNCc1cc(Cl)cc(Cl)c1)C(N)=O. The van der Waals surface area contributed by atoms with Crippen LogP contribution >= 0.6 is 23.2 Å². The summed E-state index contributed by atoms with van der Waals surface area (Å²) in [5.74, 6) is -0.660. The highest BCUT2D eigenvalue weighted by Gasteiger charge is 2.11. The van der Waals surface area contributed by atoms with Crippen molar-refractivity contribution in [2.45, 2.75) is 13.0 Å². The van der Waals surface area contributed by atoms with Crippen molar-refractivity contribution in [3.8, 4) is 0 Å². The first-order valence-electron chi connectivity index (χ1n) is 6.88. The van der Waals surface area contributed by atoms with Crippen molar-refractivity contribution in [3.05, 3.63) is 33.8 Å². The van der Waals surface area contributed by atoms with Gasteiger partial charge in [0.15, 0.2) is 0 Å². The fraction of sp³-hybridized carbons (Fsp3) is 0.500. The quantitative estimate of drug-likeness (QED) is 0.483. The molecule has 0 aromatic heterocycles. The van der Waals surface area contributed by atoms with E-state index in [-0.39, 0.29) is 18.4 Å². The summed E-state index contributed by atoms with van der Waals surface area (Å²) in [5, 5.41) is 7.76. The van der Waals surface area contributed by atoms with E-state index in [1.165, 1.54) is 0 Å². The Morgan fingerprint density at radius 2 is 1.76 bits per heavy atom. The van der Waals surface area contributed by atoms with Crippen LogP contribution in [-0.2, 0) is 11.3 Å². The molecule has 0 saturated carbocycles. The van der Waals surface area contributed by atoms with E-state index >= 15 is 0 Å².